The van der Waals surface area contributed by atoms with Gasteiger partial charge in [0.15, 0.2) is 0 Å². The summed E-state index contributed by atoms with van der Waals surface area (Å²) in [6.07, 6.45) is 11.3. The molecule has 27 heavy (non-hydrogen) atoms. The number of para-hydroxylation sites is 1. The first-order valence-electron chi connectivity index (χ1n) is 10.0. The number of unbranched alkanes of at least 4 members (excludes halogenated alkanes) is 2. The van der Waals surface area contributed by atoms with Gasteiger partial charge in [-0.05, 0) is 56.6 Å². The smallest absolute Gasteiger partial charge is 0.333 e. The van der Waals surface area contributed by atoms with Crippen molar-refractivity contribution in [3.05, 3.63) is 42.5 Å². The summed E-state index contributed by atoms with van der Waals surface area (Å²) in [7, 11) is 0. The number of hydrazine groups is 1. The van der Waals surface area contributed by atoms with Crippen LogP contribution in [0.5, 0.6) is 0 Å². The van der Waals surface area contributed by atoms with Gasteiger partial charge in [-0.15, -0.1) is 0 Å². The normalized spacial score (nSPS) is 26.6. The molecule has 148 valence electrons. The molecule has 0 saturated carbocycles. The van der Waals surface area contributed by atoms with E-state index < -0.39 is 0 Å². The first kappa shape index (κ1) is 19.9. The minimum absolute atomic E-state index is 0.259. The summed E-state index contributed by atoms with van der Waals surface area (Å²) in [4.78, 5) is 12.0. The molecule has 2 aliphatic heterocycles. The molecular formula is C21H31N3O3. The topological polar surface area (TPSA) is 82.6 Å². The highest BCUT2D eigenvalue weighted by atomic mass is 16.5. The van der Waals surface area contributed by atoms with Crippen LogP contribution in [0.15, 0.2) is 42.5 Å². The van der Waals surface area contributed by atoms with Crippen LogP contribution < -0.4 is 16.2 Å². The zero-order valence-corrected chi connectivity index (χ0v) is 15.8. The van der Waals surface area contributed by atoms with E-state index in [1.165, 1.54) is 0 Å². The average molecular weight is 373 g/mol. The molecule has 6 heteroatoms. The van der Waals surface area contributed by atoms with Gasteiger partial charge in [-0.1, -0.05) is 30.4 Å². The van der Waals surface area contributed by atoms with Gasteiger partial charge >= 0.3 is 6.03 Å². The van der Waals surface area contributed by atoms with Crippen LogP contribution in [0, 0.1) is 11.8 Å². The van der Waals surface area contributed by atoms with Crippen LogP contribution in [0.4, 0.5) is 10.5 Å². The summed E-state index contributed by atoms with van der Waals surface area (Å²) in [5.41, 5.74) is 6.59. The van der Waals surface area contributed by atoms with E-state index in [2.05, 4.69) is 28.3 Å². The first-order chi connectivity index (χ1) is 13.3. The number of urea groups is 1. The fourth-order valence-electron chi connectivity index (χ4n) is 4.16. The molecule has 4 N–H and O–H groups in total. The Hall–Kier alpha value is -1.89. The van der Waals surface area contributed by atoms with E-state index in [0.29, 0.717) is 30.6 Å². The van der Waals surface area contributed by atoms with Crippen LogP contribution in [0.1, 0.15) is 38.5 Å². The molecule has 0 radical (unpaired) electrons. The maximum atomic E-state index is 12.0. The summed E-state index contributed by atoms with van der Waals surface area (Å²) >= 11 is 0. The summed E-state index contributed by atoms with van der Waals surface area (Å²) < 4.78 is 6.11. The Morgan fingerprint density at radius 2 is 1.89 bits per heavy atom. The Morgan fingerprint density at radius 3 is 2.67 bits per heavy atom. The fraction of sp³-hybridized carbons (Fsp3) is 0.571. The van der Waals surface area contributed by atoms with E-state index in [1.807, 2.05) is 30.3 Å². The average Bonchev–Trinajstić information content (AvgIpc) is 3.27. The maximum absolute atomic E-state index is 12.0. The molecule has 2 aliphatic rings. The summed E-state index contributed by atoms with van der Waals surface area (Å²) in [5, 5.41) is 11.6. The number of carbonyl (C=O) groups excluding carboxylic acids is 1. The summed E-state index contributed by atoms with van der Waals surface area (Å²) in [6.45, 7) is 0.985. The maximum Gasteiger partial charge on any atom is 0.333 e. The van der Waals surface area contributed by atoms with Gasteiger partial charge in [0.05, 0.1) is 12.2 Å². The van der Waals surface area contributed by atoms with Gasteiger partial charge in [-0.3, -0.25) is 5.43 Å². The highest BCUT2D eigenvalue weighted by Gasteiger charge is 2.47. The van der Waals surface area contributed by atoms with Crippen molar-refractivity contribution in [2.45, 2.75) is 50.7 Å². The lowest BCUT2D eigenvalue weighted by Crippen LogP contribution is -2.45. The van der Waals surface area contributed by atoms with Crippen molar-refractivity contribution in [2.24, 2.45) is 11.8 Å². The second-order valence-electron chi connectivity index (χ2n) is 7.37. The molecule has 2 heterocycles. The lowest BCUT2D eigenvalue weighted by Gasteiger charge is -2.27. The summed E-state index contributed by atoms with van der Waals surface area (Å²) in [6, 6.07) is 9.14. The van der Waals surface area contributed by atoms with Crippen molar-refractivity contribution in [1.82, 2.24) is 10.9 Å². The summed E-state index contributed by atoms with van der Waals surface area (Å²) in [5.74, 6) is 0.923. The van der Waals surface area contributed by atoms with Crippen molar-refractivity contribution in [1.29, 1.82) is 0 Å². The molecule has 1 aromatic rings. The lowest BCUT2D eigenvalue weighted by molar-refractivity contribution is 0.0870. The number of fused-ring (bicyclic) bond motifs is 2. The van der Waals surface area contributed by atoms with Crippen molar-refractivity contribution < 1.29 is 14.6 Å². The largest absolute Gasteiger partial charge is 0.396 e. The predicted molar refractivity (Wildman–Crippen MR) is 106 cm³/mol. The number of carbonyl (C=O) groups is 1. The molecule has 4 atom stereocenters. The molecule has 2 amide bonds. The van der Waals surface area contributed by atoms with Gasteiger partial charge in [-0.2, -0.15) is 0 Å². The van der Waals surface area contributed by atoms with Gasteiger partial charge < -0.3 is 15.2 Å². The Kier molecular flexibility index (Phi) is 7.68. The number of allylic oxidation sites excluding steroid dienone is 2. The Balaban J connectivity index is 1.40. The van der Waals surface area contributed by atoms with E-state index in [9.17, 15) is 4.79 Å². The Morgan fingerprint density at radius 1 is 1.11 bits per heavy atom. The molecule has 6 nitrogen and oxygen atoms in total. The van der Waals surface area contributed by atoms with Crippen molar-refractivity contribution in [3.8, 4) is 0 Å². The van der Waals surface area contributed by atoms with Crippen LogP contribution in [-0.2, 0) is 4.74 Å². The second kappa shape index (κ2) is 10.4. The number of benzene rings is 1. The van der Waals surface area contributed by atoms with E-state index in [-0.39, 0.29) is 12.6 Å². The quantitative estimate of drug-likeness (QED) is 0.288. The molecule has 3 rings (SSSR count). The number of nitrogens with one attached hydrogen (secondary N) is 3. The van der Waals surface area contributed by atoms with Crippen LogP contribution in [0.3, 0.4) is 0 Å². The monoisotopic (exact) mass is 373 g/mol. The van der Waals surface area contributed by atoms with Crippen molar-refractivity contribution in [2.75, 3.05) is 18.5 Å². The number of aliphatic hydroxyl groups excluding tert-OH is 1. The second-order valence-corrected chi connectivity index (χ2v) is 7.37. The zero-order valence-electron chi connectivity index (χ0n) is 15.8. The van der Waals surface area contributed by atoms with Crippen LogP contribution in [0.2, 0.25) is 0 Å². The molecule has 2 saturated heterocycles. The third-order valence-electron chi connectivity index (χ3n) is 5.52. The Labute approximate surface area is 161 Å². The number of amides is 2. The minimum atomic E-state index is -0.259. The SMILES string of the molecule is O=C(NNCC1C2CCC(O2)C1CC=CCCCCO)Nc1ccccc1. The molecule has 1 aromatic carbocycles. The number of rotatable bonds is 10. The van der Waals surface area contributed by atoms with E-state index >= 15 is 0 Å². The van der Waals surface area contributed by atoms with E-state index in [0.717, 1.165) is 44.2 Å². The number of anilines is 1. The van der Waals surface area contributed by atoms with Gasteiger partial charge in [0.1, 0.15) is 0 Å². The molecular weight excluding hydrogens is 342 g/mol. The fourth-order valence-corrected chi connectivity index (χ4v) is 4.16. The molecule has 0 aromatic heterocycles. The van der Waals surface area contributed by atoms with Gasteiger partial charge in [0.25, 0.3) is 0 Å². The highest BCUT2D eigenvalue weighted by Crippen LogP contribution is 2.44. The van der Waals surface area contributed by atoms with Gasteiger partial charge in [-0.25, -0.2) is 10.2 Å². The molecule has 4 unspecified atom stereocenters. The highest BCUT2D eigenvalue weighted by molar-refractivity contribution is 5.88. The van der Waals surface area contributed by atoms with Crippen LogP contribution in [-0.4, -0.2) is 36.5 Å². The number of ether oxygens (including phenoxy) is 1. The van der Waals surface area contributed by atoms with Crippen molar-refractivity contribution >= 4 is 11.7 Å². The Bertz CT molecular complexity index is 608. The minimum Gasteiger partial charge on any atom is -0.396 e. The predicted octanol–water partition coefficient (Wildman–Crippen LogP) is 3.22. The molecule has 2 bridgehead atoms. The number of hydrogen-bond acceptors (Lipinski definition) is 4. The van der Waals surface area contributed by atoms with E-state index in [4.69, 9.17) is 9.84 Å². The van der Waals surface area contributed by atoms with Crippen LogP contribution >= 0.6 is 0 Å². The van der Waals surface area contributed by atoms with E-state index in [1.54, 1.807) is 0 Å². The number of hydrogen-bond donors (Lipinski definition) is 4. The lowest BCUT2D eigenvalue weighted by atomic mass is 9.77. The van der Waals surface area contributed by atoms with Gasteiger partial charge in [0.2, 0.25) is 0 Å². The standard InChI is InChI=1S/C21H31N3O3/c25-14-8-3-1-2-7-11-17-18(20-13-12-19(17)27-20)15-22-24-21(26)23-16-9-5-4-6-10-16/h2,4-7,9-10,17-20,22,25H,1,3,8,11-15H2,(H2,23,24,26). The van der Waals surface area contributed by atoms with Crippen LogP contribution in [0.25, 0.3) is 0 Å². The molecule has 0 aliphatic carbocycles. The number of aliphatic hydroxyl groups is 1. The zero-order chi connectivity index (χ0) is 18.9. The van der Waals surface area contributed by atoms with Crippen molar-refractivity contribution in [3.63, 3.8) is 0 Å². The third kappa shape index (κ3) is 5.79. The third-order valence-corrected chi connectivity index (χ3v) is 5.52. The molecule has 0 spiro atoms. The first-order valence-corrected chi connectivity index (χ1v) is 10.0. The molecule has 2 fully saturated rings. The van der Waals surface area contributed by atoms with Gasteiger partial charge in [0, 0.05) is 24.8 Å².